The lowest BCUT2D eigenvalue weighted by atomic mass is 10.2. The van der Waals surface area contributed by atoms with Crippen molar-refractivity contribution in [1.29, 1.82) is 0 Å². The Hall–Kier alpha value is -1.60. The van der Waals surface area contributed by atoms with Gasteiger partial charge in [-0.1, -0.05) is 6.07 Å². The van der Waals surface area contributed by atoms with E-state index in [4.69, 9.17) is 5.14 Å². The smallest absolute Gasteiger partial charge is 0.228 e. The molecule has 6 nitrogen and oxygen atoms in total. The number of carbonyl (C=O) groups is 1. The van der Waals surface area contributed by atoms with Crippen molar-refractivity contribution >= 4 is 21.6 Å². The number of hydrogen-bond donors (Lipinski definition) is 2. The molecule has 0 saturated carbocycles. The van der Waals surface area contributed by atoms with E-state index in [2.05, 4.69) is 0 Å². The highest BCUT2D eigenvalue weighted by Gasteiger charge is 2.37. The van der Waals surface area contributed by atoms with Crippen molar-refractivity contribution in [2.24, 2.45) is 5.14 Å². The zero-order chi connectivity index (χ0) is 13.5. The zero-order valence-electron chi connectivity index (χ0n) is 9.83. The maximum Gasteiger partial charge on any atom is 0.228 e. The molecule has 1 unspecified atom stereocenters. The van der Waals surface area contributed by atoms with Crippen LogP contribution in [0.25, 0.3) is 0 Å². The maximum atomic E-state index is 11.8. The van der Waals surface area contributed by atoms with E-state index in [1.165, 1.54) is 17.0 Å². The molecule has 1 fully saturated rings. The number of rotatable bonds is 2. The molecule has 0 aromatic heterocycles. The van der Waals surface area contributed by atoms with Gasteiger partial charge in [-0.3, -0.25) is 4.79 Å². The quantitative estimate of drug-likeness (QED) is 0.795. The molecule has 3 N–H and O–H groups in total. The molecule has 1 aliphatic heterocycles. The molecule has 0 spiro atoms. The third-order valence-electron chi connectivity index (χ3n) is 3.04. The fourth-order valence-corrected chi connectivity index (χ4v) is 2.75. The van der Waals surface area contributed by atoms with E-state index in [0.29, 0.717) is 5.69 Å². The Kier molecular flexibility index (Phi) is 3.04. The van der Waals surface area contributed by atoms with Gasteiger partial charge in [0.1, 0.15) is 11.0 Å². The Labute approximate surface area is 105 Å². The molecular formula is C11H14N2O4S. The summed E-state index contributed by atoms with van der Waals surface area (Å²) < 4.78 is 22.5. The number of amides is 1. The summed E-state index contributed by atoms with van der Waals surface area (Å²) in [5.41, 5.74) is 1.31. The predicted molar refractivity (Wildman–Crippen MR) is 66.7 cm³/mol. The van der Waals surface area contributed by atoms with Gasteiger partial charge in [0.2, 0.25) is 15.9 Å². The number of aryl methyl sites for hydroxylation is 1. The van der Waals surface area contributed by atoms with Crippen molar-refractivity contribution in [3.8, 4) is 5.75 Å². The van der Waals surface area contributed by atoms with Crippen LogP contribution in [0, 0.1) is 6.92 Å². The Morgan fingerprint density at radius 2 is 2.11 bits per heavy atom. The minimum absolute atomic E-state index is 0.0297. The van der Waals surface area contributed by atoms with Crippen molar-refractivity contribution in [3.05, 3.63) is 23.8 Å². The van der Waals surface area contributed by atoms with Gasteiger partial charge in [0.05, 0.1) is 5.69 Å². The van der Waals surface area contributed by atoms with Gasteiger partial charge in [0, 0.05) is 19.0 Å². The number of primary sulfonamides is 1. The van der Waals surface area contributed by atoms with Gasteiger partial charge in [0.15, 0.2) is 0 Å². The first-order chi connectivity index (χ1) is 8.29. The molecule has 1 amide bonds. The Bertz CT molecular complexity index is 597. The SMILES string of the molecule is Cc1ccc(O)cc1N1CC(S(N)(=O)=O)CC1=O. The van der Waals surface area contributed by atoms with Gasteiger partial charge >= 0.3 is 0 Å². The summed E-state index contributed by atoms with van der Waals surface area (Å²) in [6, 6.07) is 4.62. The summed E-state index contributed by atoms with van der Waals surface area (Å²) in [6.45, 7) is 1.81. The largest absolute Gasteiger partial charge is 0.508 e. The second kappa shape index (κ2) is 4.25. The van der Waals surface area contributed by atoms with Crippen molar-refractivity contribution < 1.29 is 18.3 Å². The lowest BCUT2D eigenvalue weighted by Crippen LogP contribution is -2.32. The van der Waals surface area contributed by atoms with Crippen LogP contribution in [0.2, 0.25) is 0 Å². The first-order valence-corrected chi connectivity index (χ1v) is 7.01. The maximum absolute atomic E-state index is 11.8. The van der Waals surface area contributed by atoms with Gasteiger partial charge in [-0.15, -0.1) is 0 Å². The summed E-state index contributed by atoms with van der Waals surface area (Å²) in [6.07, 6.45) is -0.117. The first-order valence-electron chi connectivity index (χ1n) is 5.40. The second-order valence-electron chi connectivity index (χ2n) is 4.39. The molecule has 7 heteroatoms. The van der Waals surface area contributed by atoms with E-state index in [1.807, 2.05) is 0 Å². The van der Waals surface area contributed by atoms with E-state index < -0.39 is 15.3 Å². The van der Waals surface area contributed by atoms with E-state index >= 15 is 0 Å². The first kappa shape index (κ1) is 12.8. The highest BCUT2D eigenvalue weighted by atomic mass is 32.2. The Morgan fingerprint density at radius 3 is 2.67 bits per heavy atom. The van der Waals surface area contributed by atoms with Gasteiger partial charge < -0.3 is 10.0 Å². The number of phenols is 1. The monoisotopic (exact) mass is 270 g/mol. The molecule has 0 bridgehead atoms. The number of benzene rings is 1. The van der Waals surface area contributed by atoms with Crippen molar-refractivity contribution in [2.45, 2.75) is 18.6 Å². The highest BCUT2D eigenvalue weighted by molar-refractivity contribution is 7.89. The topological polar surface area (TPSA) is 101 Å². The second-order valence-corrected chi connectivity index (χ2v) is 6.24. The number of nitrogens with zero attached hydrogens (tertiary/aromatic N) is 1. The van der Waals surface area contributed by atoms with Crippen molar-refractivity contribution in [2.75, 3.05) is 11.4 Å². The van der Waals surface area contributed by atoms with Crippen LogP contribution in [0.15, 0.2) is 18.2 Å². The summed E-state index contributed by atoms with van der Waals surface area (Å²) >= 11 is 0. The molecule has 98 valence electrons. The molecule has 1 aromatic carbocycles. The summed E-state index contributed by atoms with van der Waals surface area (Å²) in [4.78, 5) is 13.2. The predicted octanol–water partition coefficient (Wildman–Crippen LogP) is 0.0944. The van der Waals surface area contributed by atoms with Gasteiger partial charge in [-0.2, -0.15) is 0 Å². The molecular weight excluding hydrogens is 256 g/mol. The normalized spacial score (nSPS) is 20.4. The number of hydrogen-bond acceptors (Lipinski definition) is 4. The third-order valence-corrected chi connectivity index (χ3v) is 4.28. The van der Waals surface area contributed by atoms with E-state index in [9.17, 15) is 18.3 Å². The standard InChI is InChI=1S/C11H14N2O4S/c1-7-2-3-8(14)4-10(7)13-6-9(5-11(13)15)18(12,16)17/h2-4,9,14H,5-6H2,1H3,(H2,12,16,17). The van der Waals surface area contributed by atoms with E-state index in [1.54, 1.807) is 13.0 Å². The van der Waals surface area contributed by atoms with E-state index in [0.717, 1.165) is 5.56 Å². The molecule has 1 aromatic rings. The number of anilines is 1. The van der Waals surface area contributed by atoms with Gasteiger partial charge in [0.25, 0.3) is 0 Å². The minimum atomic E-state index is -3.72. The molecule has 0 radical (unpaired) electrons. The Morgan fingerprint density at radius 1 is 1.44 bits per heavy atom. The molecule has 1 aliphatic rings. The molecule has 18 heavy (non-hydrogen) atoms. The van der Waals surface area contributed by atoms with E-state index in [-0.39, 0.29) is 24.6 Å². The summed E-state index contributed by atoms with van der Waals surface area (Å²) in [5.74, 6) is -0.273. The minimum Gasteiger partial charge on any atom is -0.508 e. The fourth-order valence-electron chi connectivity index (χ4n) is 2.02. The van der Waals surface area contributed by atoms with Crippen LogP contribution in [0.4, 0.5) is 5.69 Å². The van der Waals surface area contributed by atoms with Crippen molar-refractivity contribution in [1.82, 2.24) is 0 Å². The molecule has 1 saturated heterocycles. The van der Waals surface area contributed by atoms with Crippen LogP contribution >= 0.6 is 0 Å². The fraction of sp³-hybridized carbons (Fsp3) is 0.364. The summed E-state index contributed by atoms with van der Waals surface area (Å²) in [5, 5.41) is 13.6. The Balaban J connectivity index is 2.35. The number of aromatic hydroxyl groups is 1. The number of phenolic OH excluding ortho intramolecular Hbond substituents is 1. The molecule has 1 heterocycles. The zero-order valence-corrected chi connectivity index (χ0v) is 10.6. The molecule has 0 aliphatic carbocycles. The average Bonchev–Trinajstić information content (AvgIpc) is 2.64. The van der Waals surface area contributed by atoms with Gasteiger partial charge in [-0.05, 0) is 18.6 Å². The van der Waals surface area contributed by atoms with Crippen LogP contribution in [-0.2, 0) is 14.8 Å². The average molecular weight is 270 g/mol. The molecule has 2 rings (SSSR count). The highest BCUT2D eigenvalue weighted by Crippen LogP contribution is 2.29. The number of sulfonamides is 1. The van der Waals surface area contributed by atoms with Crippen LogP contribution in [-0.4, -0.2) is 31.2 Å². The van der Waals surface area contributed by atoms with Crippen LogP contribution in [0.1, 0.15) is 12.0 Å². The van der Waals surface area contributed by atoms with Crippen LogP contribution in [0.3, 0.4) is 0 Å². The van der Waals surface area contributed by atoms with Gasteiger partial charge in [-0.25, -0.2) is 13.6 Å². The lowest BCUT2D eigenvalue weighted by Gasteiger charge is -2.19. The van der Waals surface area contributed by atoms with Crippen LogP contribution in [0.5, 0.6) is 5.75 Å². The van der Waals surface area contributed by atoms with Crippen molar-refractivity contribution in [3.63, 3.8) is 0 Å². The number of nitrogens with two attached hydrogens (primary N) is 1. The van der Waals surface area contributed by atoms with Crippen LogP contribution < -0.4 is 10.0 Å². The molecule has 1 atom stereocenters. The summed E-state index contributed by atoms with van der Waals surface area (Å²) in [7, 11) is -3.72. The third kappa shape index (κ3) is 2.32. The lowest BCUT2D eigenvalue weighted by molar-refractivity contribution is -0.117. The number of carbonyl (C=O) groups excluding carboxylic acids is 1.